The van der Waals surface area contributed by atoms with Gasteiger partial charge in [-0.3, -0.25) is 9.36 Å². The molecule has 0 bridgehead atoms. The molecule has 0 aliphatic carbocycles. The molecule has 3 aromatic heterocycles. The number of piperidine rings is 1. The zero-order valence-corrected chi connectivity index (χ0v) is 15.1. The Kier molecular flexibility index (Phi) is 4.92. The van der Waals surface area contributed by atoms with Crippen LogP contribution in [0.4, 0.5) is 5.82 Å². The fraction of sp³-hybridized carbons (Fsp3) is 0.333. The first-order valence-electron chi connectivity index (χ1n) is 8.67. The van der Waals surface area contributed by atoms with Gasteiger partial charge < -0.3 is 10.2 Å². The summed E-state index contributed by atoms with van der Waals surface area (Å²) in [6.07, 6.45) is 7.12. The van der Waals surface area contributed by atoms with Crippen molar-refractivity contribution in [2.45, 2.75) is 19.4 Å². The van der Waals surface area contributed by atoms with Gasteiger partial charge in [0.2, 0.25) is 5.91 Å². The summed E-state index contributed by atoms with van der Waals surface area (Å²) in [5, 5.41) is 13.7. The number of nitrogens with zero attached hydrogens (tertiary/aromatic N) is 5. The minimum atomic E-state index is -0.0150. The van der Waals surface area contributed by atoms with Gasteiger partial charge in [-0.15, -0.1) is 21.5 Å². The molecule has 8 heteroatoms. The molecule has 0 saturated carbocycles. The Labute approximate surface area is 155 Å². The largest absolute Gasteiger partial charge is 0.354 e. The highest BCUT2D eigenvalue weighted by Gasteiger charge is 2.26. The number of anilines is 1. The van der Waals surface area contributed by atoms with Crippen LogP contribution < -0.4 is 10.2 Å². The molecule has 0 unspecified atom stereocenters. The van der Waals surface area contributed by atoms with Gasteiger partial charge in [0.25, 0.3) is 0 Å². The molecule has 1 aliphatic heterocycles. The second-order valence-electron chi connectivity index (χ2n) is 6.30. The molecule has 26 heavy (non-hydrogen) atoms. The lowest BCUT2D eigenvalue weighted by Crippen LogP contribution is -2.43. The van der Waals surface area contributed by atoms with Crippen molar-refractivity contribution >= 4 is 23.1 Å². The highest BCUT2D eigenvalue weighted by atomic mass is 32.1. The third kappa shape index (κ3) is 3.75. The normalized spacial score (nSPS) is 17.2. The first-order valence-corrected chi connectivity index (χ1v) is 9.54. The monoisotopic (exact) mass is 368 g/mol. The summed E-state index contributed by atoms with van der Waals surface area (Å²) < 4.78 is 1.81. The van der Waals surface area contributed by atoms with Crippen LogP contribution in [-0.2, 0) is 11.3 Å². The van der Waals surface area contributed by atoms with Crippen molar-refractivity contribution < 1.29 is 4.79 Å². The first-order chi connectivity index (χ1) is 12.8. The number of amides is 1. The average Bonchev–Trinajstić information content (AvgIpc) is 3.40. The number of aromatic nitrogens is 4. The van der Waals surface area contributed by atoms with Crippen molar-refractivity contribution in [2.75, 3.05) is 18.0 Å². The van der Waals surface area contributed by atoms with Gasteiger partial charge >= 0.3 is 0 Å². The van der Waals surface area contributed by atoms with Gasteiger partial charge in [-0.1, -0.05) is 6.07 Å². The number of rotatable bonds is 5. The molecule has 4 rings (SSSR count). The number of thiophene rings is 1. The maximum atomic E-state index is 12.5. The van der Waals surface area contributed by atoms with E-state index in [9.17, 15) is 4.79 Å². The van der Waals surface area contributed by atoms with E-state index in [1.54, 1.807) is 23.9 Å². The Morgan fingerprint density at radius 1 is 1.27 bits per heavy atom. The Balaban J connectivity index is 1.37. The molecule has 1 amide bonds. The standard InChI is InChI=1S/C18H20N6OS/c25-18(20-11-15-4-2-10-26-15)14-3-1-8-23(12-14)16-5-6-17(22-21-16)24-9-7-19-13-24/h2,4-7,9-10,13-14H,1,3,8,11-12H2,(H,20,25)/t14-/m0/s1. The molecule has 4 heterocycles. The van der Waals surface area contributed by atoms with Gasteiger partial charge in [0.05, 0.1) is 12.5 Å². The predicted octanol–water partition coefficient (Wildman–Crippen LogP) is 2.26. The maximum absolute atomic E-state index is 12.5. The fourth-order valence-corrected chi connectivity index (χ4v) is 3.79. The summed E-state index contributed by atoms with van der Waals surface area (Å²) >= 11 is 1.66. The van der Waals surface area contributed by atoms with Crippen LogP contribution in [0.5, 0.6) is 0 Å². The van der Waals surface area contributed by atoms with E-state index in [1.807, 2.05) is 40.4 Å². The van der Waals surface area contributed by atoms with Crippen LogP contribution in [0.2, 0.25) is 0 Å². The molecule has 0 radical (unpaired) electrons. The van der Waals surface area contributed by atoms with E-state index in [-0.39, 0.29) is 11.8 Å². The molecular weight excluding hydrogens is 348 g/mol. The summed E-state index contributed by atoms with van der Waals surface area (Å²) in [7, 11) is 0. The Morgan fingerprint density at radius 3 is 2.88 bits per heavy atom. The van der Waals surface area contributed by atoms with Gasteiger partial charge in [0.1, 0.15) is 6.33 Å². The van der Waals surface area contributed by atoms with Crippen LogP contribution in [0.15, 0.2) is 48.4 Å². The number of carbonyl (C=O) groups is 1. The summed E-state index contributed by atoms with van der Waals surface area (Å²) in [5.41, 5.74) is 0. The van der Waals surface area contributed by atoms with Crippen LogP contribution in [0.3, 0.4) is 0 Å². The summed E-state index contributed by atoms with van der Waals surface area (Å²) in [5.74, 6) is 1.64. The number of hydrogen-bond acceptors (Lipinski definition) is 6. The molecule has 1 aliphatic rings. The number of nitrogens with one attached hydrogen (secondary N) is 1. The Hall–Kier alpha value is -2.74. The second kappa shape index (κ2) is 7.65. The summed E-state index contributed by atoms with van der Waals surface area (Å²) in [6.45, 7) is 2.18. The molecule has 1 fully saturated rings. The quantitative estimate of drug-likeness (QED) is 0.748. The van der Waals surface area contributed by atoms with Crippen molar-refractivity contribution in [3.63, 3.8) is 0 Å². The summed E-state index contributed by atoms with van der Waals surface area (Å²) in [4.78, 5) is 19.8. The predicted molar refractivity (Wildman–Crippen MR) is 100 cm³/mol. The topological polar surface area (TPSA) is 75.9 Å². The number of hydrogen-bond donors (Lipinski definition) is 1. The van der Waals surface area contributed by atoms with Crippen LogP contribution in [0.1, 0.15) is 17.7 Å². The van der Waals surface area contributed by atoms with Gasteiger partial charge in [0.15, 0.2) is 11.6 Å². The van der Waals surface area contributed by atoms with Crippen molar-refractivity contribution in [1.29, 1.82) is 0 Å². The SMILES string of the molecule is O=C(NCc1cccs1)[C@H]1CCCN(c2ccc(-n3ccnc3)nn2)C1. The molecule has 0 spiro atoms. The summed E-state index contributed by atoms with van der Waals surface area (Å²) in [6, 6.07) is 7.91. The third-order valence-corrected chi connectivity index (χ3v) is 5.41. The molecule has 1 N–H and O–H groups in total. The van der Waals surface area contributed by atoms with Crippen molar-refractivity contribution in [3.05, 3.63) is 53.2 Å². The highest BCUT2D eigenvalue weighted by molar-refractivity contribution is 7.09. The van der Waals surface area contributed by atoms with Crippen molar-refractivity contribution in [2.24, 2.45) is 5.92 Å². The van der Waals surface area contributed by atoms with Crippen molar-refractivity contribution in [3.8, 4) is 5.82 Å². The molecule has 0 aromatic carbocycles. The lowest BCUT2D eigenvalue weighted by molar-refractivity contribution is -0.125. The number of imidazole rings is 1. The van der Waals surface area contributed by atoms with E-state index < -0.39 is 0 Å². The molecular formula is C18H20N6OS. The lowest BCUT2D eigenvalue weighted by atomic mass is 9.97. The van der Waals surface area contributed by atoms with E-state index >= 15 is 0 Å². The van der Waals surface area contributed by atoms with E-state index in [4.69, 9.17) is 0 Å². The number of carbonyl (C=O) groups excluding carboxylic acids is 1. The molecule has 3 aromatic rings. The first kappa shape index (κ1) is 16.7. The lowest BCUT2D eigenvalue weighted by Gasteiger charge is -2.32. The maximum Gasteiger partial charge on any atom is 0.225 e. The van der Waals surface area contributed by atoms with E-state index in [0.29, 0.717) is 13.1 Å². The van der Waals surface area contributed by atoms with Crippen LogP contribution in [0, 0.1) is 5.92 Å². The van der Waals surface area contributed by atoms with Gasteiger partial charge in [0, 0.05) is 30.4 Å². The zero-order chi connectivity index (χ0) is 17.8. The van der Waals surface area contributed by atoms with Crippen LogP contribution in [-0.4, -0.2) is 38.7 Å². The van der Waals surface area contributed by atoms with Gasteiger partial charge in [-0.25, -0.2) is 4.98 Å². The minimum absolute atomic E-state index is 0.0150. The van der Waals surface area contributed by atoms with E-state index in [0.717, 1.165) is 31.0 Å². The molecule has 7 nitrogen and oxygen atoms in total. The van der Waals surface area contributed by atoms with Gasteiger partial charge in [-0.2, -0.15) is 0 Å². The smallest absolute Gasteiger partial charge is 0.225 e. The zero-order valence-electron chi connectivity index (χ0n) is 14.3. The van der Waals surface area contributed by atoms with Crippen LogP contribution in [0.25, 0.3) is 5.82 Å². The molecule has 1 atom stereocenters. The van der Waals surface area contributed by atoms with Crippen LogP contribution >= 0.6 is 11.3 Å². The van der Waals surface area contributed by atoms with Crippen molar-refractivity contribution in [1.82, 2.24) is 25.1 Å². The highest BCUT2D eigenvalue weighted by Crippen LogP contribution is 2.22. The third-order valence-electron chi connectivity index (χ3n) is 4.54. The average molecular weight is 368 g/mol. The molecule has 134 valence electrons. The van der Waals surface area contributed by atoms with E-state index in [2.05, 4.69) is 25.4 Å². The Bertz CT molecular complexity index is 831. The Morgan fingerprint density at radius 2 is 2.15 bits per heavy atom. The van der Waals surface area contributed by atoms with E-state index in [1.165, 1.54) is 4.88 Å². The molecule has 1 saturated heterocycles. The minimum Gasteiger partial charge on any atom is -0.354 e. The van der Waals surface area contributed by atoms with Gasteiger partial charge in [-0.05, 0) is 36.4 Å². The second-order valence-corrected chi connectivity index (χ2v) is 7.33. The fourth-order valence-electron chi connectivity index (χ4n) is 3.15.